The van der Waals surface area contributed by atoms with E-state index in [0.29, 0.717) is 5.39 Å². The molecule has 2 aliphatic rings. The molecule has 33 heavy (non-hydrogen) atoms. The lowest BCUT2D eigenvalue weighted by atomic mass is 9.93. The maximum atomic E-state index is 12.4. The molecule has 7 N–H and O–H groups in total. The van der Waals surface area contributed by atoms with Gasteiger partial charge in [0.1, 0.15) is 66.3 Å². The summed E-state index contributed by atoms with van der Waals surface area (Å²) >= 11 is 0. The first-order valence-corrected chi connectivity index (χ1v) is 10.4. The van der Waals surface area contributed by atoms with E-state index in [-0.39, 0.29) is 11.3 Å². The van der Waals surface area contributed by atoms with Crippen molar-refractivity contribution in [3.05, 3.63) is 46.3 Å². The average molecular weight is 470 g/mol. The van der Waals surface area contributed by atoms with Crippen LogP contribution in [0.4, 0.5) is 0 Å². The normalized spacial score (nSPS) is 39.6. The van der Waals surface area contributed by atoms with Crippen molar-refractivity contribution in [3.63, 3.8) is 0 Å². The topological polar surface area (TPSA) is 200 Å². The van der Waals surface area contributed by atoms with Gasteiger partial charge in [-0.15, -0.1) is 0 Å². The minimum atomic E-state index is -1.76. The molecule has 0 saturated carbocycles. The van der Waals surface area contributed by atoms with Gasteiger partial charge in [0.25, 0.3) is 0 Å². The Morgan fingerprint density at radius 1 is 0.818 bits per heavy atom. The largest absolute Gasteiger partial charge is 0.458 e. The van der Waals surface area contributed by atoms with Crippen molar-refractivity contribution in [1.29, 1.82) is 0 Å². The van der Waals surface area contributed by atoms with Gasteiger partial charge in [-0.25, -0.2) is 0 Å². The molecule has 10 atom stereocenters. The van der Waals surface area contributed by atoms with Crippen LogP contribution in [0.25, 0.3) is 11.0 Å². The minimum Gasteiger partial charge on any atom is -0.458 e. The molecule has 4 rings (SSSR count). The Hall–Kier alpha value is -1.97. The fourth-order valence-electron chi connectivity index (χ4n) is 4.09. The maximum absolute atomic E-state index is 12.4. The second-order valence-corrected chi connectivity index (χ2v) is 8.07. The Labute approximate surface area is 186 Å². The van der Waals surface area contributed by atoms with Crippen LogP contribution in [0, 0.1) is 0 Å². The van der Waals surface area contributed by atoms with Crippen LogP contribution in [0.15, 0.2) is 39.5 Å². The zero-order chi connectivity index (χ0) is 23.9. The lowest BCUT2D eigenvalue weighted by molar-refractivity contribution is -0.343. The number of para-hydroxylation sites is 1. The van der Waals surface area contributed by atoms with Crippen molar-refractivity contribution in [1.82, 2.24) is 0 Å². The number of fused-ring (bicyclic) bond motifs is 1. The van der Waals surface area contributed by atoms with Crippen LogP contribution >= 0.6 is 0 Å². The van der Waals surface area contributed by atoms with Crippen molar-refractivity contribution in [3.8, 4) is 0 Å². The number of aliphatic hydroxyl groups excluding tert-OH is 7. The number of hydrogen-bond acceptors (Lipinski definition) is 12. The van der Waals surface area contributed by atoms with Crippen molar-refractivity contribution >= 4 is 11.0 Å². The van der Waals surface area contributed by atoms with Crippen molar-refractivity contribution in [2.24, 2.45) is 0 Å². The average Bonchev–Trinajstić information content (AvgIpc) is 2.82. The van der Waals surface area contributed by atoms with E-state index in [1.807, 2.05) is 0 Å². The van der Waals surface area contributed by atoms with Gasteiger partial charge in [-0.3, -0.25) is 4.79 Å². The second kappa shape index (κ2) is 9.72. The fraction of sp³-hybridized carbons (Fsp3) is 0.571. The summed E-state index contributed by atoms with van der Waals surface area (Å²) in [6.45, 7) is -1.39. The van der Waals surface area contributed by atoms with E-state index in [1.165, 1.54) is 0 Å². The van der Waals surface area contributed by atoms with E-state index in [4.69, 9.17) is 18.6 Å². The molecule has 2 aliphatic heterocycles. The number of ether oxygens (including phenoxy) is 3. The van der Waals surface area contributed by atoms with Gasteiger partial charge in [-0.1, -0.05) is 12.1 Å². The van der Waals surface area contributed by atoms with E-state index >= 15 is 0 Å². The van der Waals surface area contributed by atoms with Gasteiger partial charge < -0.3 is 54.4 Å². The number of hydrogen-bond donors (Lipinski definition) is 7. The fourth-order valence-corrected chi connectivity index (χ4v) is 4.09. The van der Waals surface area contributed by atoms with Gasteiger partial charge in [-0.2, -0.15) is 0 Å². The highest BCUT2D eigenvalue weighted by Gasteiger charge is 2.51. The minimum absolute atomic E-state index is 0.0741. The molecule has 2 aromatic rings. The third-order valence-electron chi connectivity index (χ3n) is 5.94. The zero-order valence-electron chi connectivity index (χ0n) is 17.2. The molecule has 1 unspecified atom stereocenters. The van der Waals surface area contributed by atoms with Crippen LogP contribution in [0.1, 0.15) is 11.9 Å². The van der Waals surface area contributed by atoms with E-state index < -0.39 is 79.9 Å². The highest BCUT2D eigenvalue weighted by Crippen LogP contribution is 2.35. The summed E-state index contributed by atoms with van der Waals surface area (Å²) in [5.41, 5.74) is -0.150. The molecule has 2 fully saturated rings. The number of rotatable bonds is 5. The Morgan fingerprint density at radius 3 is 2.21 bits per heavy atom. The van der Waals surface area contributed by atoms with Gasteiger partial charge in [-0.05, 0) is 12.1 Å². The molecule has 2 saturated heterocycles. The summed E-state index contributed by atoms with van der Waals surface area (Å²) in [5, 5.41) is 70.9. The first kappa shape index (κ1) is 24.2. The molecule has 1 aromatic heterocycles. The van der Waals surface area contributed by atoms with Gasteiger partial charge in [0.15, 0.2) is 11.7 Å². The SMILES string of the molecule is O=c1cc(C2O[C@H](CO)[C@@H](O[C@@H]3O[C@H](CO)[C@H](O)[C@H](O)[C@H]3O)[C@H](O)[C@H]2O)oc2ccccc12. The van der Waals surface area contributed by atoms with Crippen molar-refractivity contribution in [2.75, 3.05) is 13.2 Å². The molecular formula is C21H26O12. The lowest BCUT2D eigenvalue weighted by Gasteiger charge is -2.45. The third-order valence-corrected chi connectivity index (χ3v) is 5.94. The van der Waals surface area contributed by atoms with Gasteiger partial charge in [0.2, 0.25) is 0 Å². The molecule has 3 heterocycles. The first-order chi connectivity index (χ1) is 15.8. The predicted octanol–water partition coefficient (Wildman–Crippen LogP) is -2.87. The van der Waals surface area contributed by atoms with Crippen molar-refractivity contribution < 1.29 is 54.4 Å². The molecule has 12 nitrogen and oxygen atoms in total. The highest BCUT2D eigenvalue weighted by atomic mass is 16.7. The van der Waals surface area contributed by atoms with Crippen LogP contribution in [-0.2, 0) is 14.2 Å². The molecule has 182 valence electrons. The standard InChI is InChI=1S/C21H26O12/c22-6-12-14(25)15(26)18(29)21(32-12)33-20-13(7-23)31-19(16(27)17(20)28)11-5-9(24)8-3-1-2-4-10(8)30-11/h1-5,12-23,25-29H,6-7H2/t12-,13-,14+,15+,16-,17-,18-,19?,20-,21+/m1/s1. The number of aliphatic hydroxyl groups is 7. The van der Waals surface area contributed by atoms with E-state index in [0.717, 1.165) is 6.07 Å². The van der Waals surface area contributed by atoms with E-state index in [1.54, 1.807) is 24.3 Å². The van der Waals surface area contributed by atoms with Crippen LogP contribution in [0.2, 0.25) is 0 Å². The second-order valence-electron chi connectivity index (χ2n) is 8.07. The highest BCUT2D eigenvalue weighted by molar-refractivity contribution is 5.76. The maximum Gasteiger partial charge on any atom is 0.193 e. The summed E-state index contributed by atoms with van der Waals surface area (Å²) in [7, 11) is 0. The monoisotopic (exact) mass is 470 g/mol. The lowest BCUT2D eigenvalue weighted by Crippen LogP contribution is -2.63. The Bertz CT molecular complexity index is 1010. The van der Waals surface area contributed by atoms with Crippen molar-refractivity contribution in [2.45, 2.75) is 61.2 Å². The molecule has 0 amide bonds. The summed E-state index contributed by atoms with van der Waals surface area (Å²) < 4.78 is 22.1. The van der Waals surface area contributed by atoms with Gasteiger partial charge in [0.05, 0.1) is 18.6 Å². The third kappa shape index (κ3) is 4.42. The molecule has 0 bridgehead atoms. The van der Waals surface area contributed by atoms with Crippen LogP contribution in [-0.4, -0.2) is 104 Å². The van der Waals surface area contributed by atoms with E-state index in [2.05, 4.69) is 0 Å². The smallest absolute Gasteiger partial charge is 0.193 e. The molecular weight excluding hydrogens is 444 g/mol. The zero-order valence-corrected chi connectivity index (χ0v) is 17.2. The first-order valence-electron chi connectivity index (χ1n) is 10.4. The summed E-state index contributed by atoms with van der Waals surface area (Å²) in [4.78, 5) is 12.4. The van der Waals surface area contributed by atoms with Crippen LogP contribution in [0.5, 0.6) is 0 Å². The molecule has 0 aliphatic carbocycles. The Balaban J connectivity index is 1.57. The van der Waals surface area contributed by atoms with Crippen LogP contribution < -0.4 is 5.43 Å². The summed E-state index contributed by atoms with van der Waals surface area (Å²) in [6.07, 6.45) is -15.4. The summed E-state index contributed by atoms with van der Waals surface area (Å²) in [6, 6.07) is 7.57. The van der Waals surface area contributed by atoms with Gasteiger partial charge in [0, 0.05) is 6.07 Å². The van der Waals surface area contributed by atoms with E-state index in [9.17, 15) is 40.5 Å². The predicted molar refractivity (Wildman–Crippen MR) is 108 cm³/mol. The molecule has 0 spiro atoms. The van der Waals surface area contributed by atoms with Crippen LogP contribution in [0.3, 0.4) is 0 Å². The summed E-state index contributed by atoms with van der Waals surface area (Å²) in [5.74, 6) is -0.0741. The Morgan fingerprint density at radius 2 is 1.52 bits per heavy atom. The molecule has 0 radical (unpaired) electrons. The molecule has 1 aromatic carbocycles. The Kier molecular flexibility index (Phi) is 7.12. The van der Waals surface area contributed by atoms with Gasteiger partial charge >= 0.3 is 0 Å². The quantitative estimate of drug-likeness (QED) is 0.236. The molecule has 12 heteroatoms. The number of benzene rings is 1.